The first-order chi connectivity index (χ1) is 7.50. The number of hydrogen-bond acceptors (Lipinski definition) is 3. The molecule has 0 unspecified atom stereocenters. The largest absolute Gasteiger partial charge is 0.477 e. The van der Waals surface area contributed by atoms with Crippen LogP contribution in [0.5, 0.6) is 0 Å². The molecule has 0 aromatic heterocycles. The summed E-state index contributed by atoms with van der Waals surface area (Å²) in [5.74, 6) is -1.21. The summed E-state index contributed by atoms with van der Waals surface area (Å²) in [7, 11) is 0. The Hall–Kier alpha value is -1.26. The van der Waals surface area contributed by atoms with Crippen molar-refractivity contribution in [2.24, 2.45) is 5.10 Å². The summed E-state index contributed by atoms with van der Waals surface area (Å²) in [6, 6.07) is 9.12. The van der Waals surface area contributed by atoms with Crippen LogP contribution in [-0.2, 0) is 4.79 Å². The van der Waals surface area contributed by atoms with Crippen LogP contribution in [0.1, 0.15) is 0 Å². The highest BCUT2D eigenvalue weighted by Crippen LogP contribution is 2.33. The monoisotopic (exact) mass is 258 g/mol. The van der Waals surface area contributed by atoms with Crippen LogP contribution >= 0.6 is 23.2 Å². The van der Waals surface area contributed by atoms with Crippen molar-refractivity contribution in [3.8, 4) is 0 Å². The predicted molar refractivity (Wildman–Crippen MR) is 63.3 cm³/mol. The van der Waals surface area contributed by atoms with E-state index in [2.05, 4.69) is 5.10 Å². The SMILES string of the molecule is O=C(O)C1=NN(c2ccccc2)CC1(Cl)Cl. The summed E-state index contributed by atoms with van der Waals surface area (Å²) >= 11 is 11.8. The Morgan fingerprint density at radius 2 is 2.00 bits per heavy atom. The van der Waals surface area contributed by atoms with Crippen molar-refractivity contribution in [3.05, 3.63) is 30.3 Å². The summed E-state index contributed by atoms with van der Waals surface area (Å²) in [6.07, 6.45) is 0. The molecule has 0 radical (unpaired) electrons. The number of carboxylic acids is 1. The maximum absolute atomic E-state index is 10.9. The number of halogens is 2. The lowest BCUT2D eigenvalue weighted by molar-refractivity contribution is -0.129. The quantitative estimate of drug-likeness (QED) is 0.827. The van der Waals surface area contributed by atoms with E-state index in [0.717, 1.165) is 5.69 Å². The van der Waals surface area contributed by atoms with Gasteiger partial charge in [0.2, 0.25) is 0 Å². The number of nitrogens with zero attached hydrogens (tertiary/aromatic N) is 2. The molecule has 0 aliphatic carbocycles. The fourth-order valence-corrected chi connectivity index (χ4v) is 1.90. The summed E-state index contributed by atoms with van der Waals surface area (Å²) in [5.41, 5.74) is 0.504. The number of anilines is 1. The van der Waals surface area contributed by atoms with Crippen molar-refractivity contribution >= 4 is 40.6 Å². The molecule has 1 heterocycles. The zero-order valence-corrected chi connectivity index (χ0v) is 9.61. The number of carboxylic acid groups (broad SMARTS) is 1. The molecule has 4 nitrogen and oxygen atoms in total. The fourth-order valence-electron chi connectivity index (χ4n) is 1.44. The maximum Gasteiger partial charge on any atom is 0.355 e. The Balaban J connectivity index is 2.33. The fraction of sp³-hybridized carbons (Fsp3) is 0.200. The number of alkyl halides is 2. The first-order valence-electron chi connectivity index (χ1n) is 4.53. The van der Waals surface area contributed by atoms with Gasteiger partial charge in [-0.15, -0.1) is 0 Å². The van der Waals surface area contributed by atoms with Gasteiger partial charge in [0.1, 0.15) is 0 Å². The van der Waals surface area contributed by atoms with Crippen molar-refractivity contribution in [2.75, 3.05) is 11.6 Å². The van der Waals surface area contributed by atoms with E-state index < -0.39 is 10.3 Å². The van der Waals surface area contributed by atoms with Crippen LogP contribution in [0.4, 0.5) is 5.69 Å². The predicted octanol–water partition coefficient (Wildman–Crippen LogP) is 2.12. The topological polar surface area (TPSA) is 52.9 Å². The van der Waals surface area contributed by atoms with Gasteiger partial charge >= 0.3 is 5.97 Å². The Morgan fingerprint density at radius 1 is 1.38 bits per heavy atom. The zero-order chi connectivity index (χ0) is 11.8. The van der Waals surface area contributed by atoms with Crippen LogP contribution in [-0.4, -0.2) is 27.7 Å². The van der Waals surface area contributed by atoms with E-state index in [1.54, 1.807) is 12.1 Å². The van der Waals surface area contributed by atoms with Gasteiger partial charge in [-0.1, -0.05) is 41.4 Å². The maximum atomic E-state index is 10.9. The van der Waals surface area contributed by atoms with Gasteiger partial charge in [-0.05, 0) is 12.1 Å². The third-order valence-electron chi connectivity index (χ3n) is 2.17. The molecule has 16 heavy (non-hydrogen) atoms. The number of para-hydroxylation sites is 1. The van der Waals surface area contributed by atoms with E-state index in [9.17, 15) is 4.79 Å². The molecule has 1 aliphatic heterocycles. The highest BCUT2D eigenvalue weighted by Gasteiger charge is 2.43. The van der Waals surface area contributed by atoms with Crippen molar-refractivity contribution in [1.82, 2.24) is 0 Å². The Morgan fingerprint density at radius 3 is 2.50 bits per heavy atom. The normalized spacial score (nSPS) is 18.4. The smallest absolute Gasteiger partial charge is 0.355 e. The average molecular weight is 259 g/mol. The molecule has 0 fully saturated rings. The van der Waals surface area contributed by atoms with Crippen molar-refractivity contribution < 1.29 is 9.90 Å². The molecule has 0 amide bonds. The third kappa shape index (κ3) is 1.99. The summed E-state index contributed by atoms with van der Waals surface area (Å²) in [4.78, 5) is 10.9. The second-order valence-electron chi connectivity index (χ2n) is 3.35. The van der Waals surface area contributed by atoms with Gasteiger partial charge < -0.3 is 5.11 Å². The first kappa shape index (κ1) is 11.2. The Kier molecular flexibility index (Phi) is 2.78. The molecular formula is C10H8Cl2N2O2. The van der Waals surface area contributed by atoms with Crippen LogP contribution in [0.3, 0.4) is 0 Å². The standard InChI is InChI=1S/C10H8Cl2N2O2/c11-10(12)6-14(13-8(10)9(15)16)7-4-2-1-3-5-7/h1-5H,6H2,(H,15,16). The minimum Gasteiger partial charge on any atom is -0.477 e. The molecule has 1 aromatic rings. The van der Waals surface area contributed by atoms with E-state index >= 15 is 0 Å². The van der Waals surface area contributed by atoms with Gasteiger partial charge in [0.15, 0.2) is 10.0 Å². The van der Waals surface area contributed by atoms with Gasteiger partial charge in [-0.3, -0.25) is 5.01 Å². The minimum atomic E-state index is -1.47. The highest BCUT2D eigenvalue weighted by molar-refractivity contribution is 6.68. The molecule has 0 bridgehead atoms. The molecule has 0 saturated heterocycles. The lowest BCUT2D eigenvalue weighted by Gasteiger charge is -2.16. The number of benzene rings is 1. The van der Waals surface area contributed by atoms with E-state index in [1.165, 1.54) is 5.01 Å². The van der Waals surface area contributed by atoms with Gasteiger partial charge in [0, 0.05) is 0 Å². The van der Waals surface area contributed by atoms with E-state index in [1.807, 2.05) is 18.2 Å². The van der Waals surface area contributed by atoms with Crippen LogP contribution in [0.2, 0.25) is 0 Å². The highest BCUT2D eigenvalue weighted by atomic mass is 35.5. The van der Waals surface area contributed by atoms with E-state index in [0.29, 0.717) is 0 Å². The van der Waals surface area contributed by atoms with Crippen molar-refractivity contribution in [2.45, 2.75) is 4.33 Å². The van der Waals surface area contributed by atoms with Gasteiger partial charge in [-0.2, -0.15) is 5.10 Å². The molecule has 6 heteroatoms. The number of hydrazone groups is 1. The number of aliphatic carboxylic acids is 1. The zero-order valence-electron chi connectivity index (χ0n) is 8.10. The van der Waals surface area contributed by atoms with Crippen LogP contribution in [0, 0.1) is 0 Å². The summed E-state index contributed by atoms with van der Waals surface area (Å²) in [6.45, 7) is 0.127. The average Bonchev–Trinajstić information content (AvgIpc) is 2.56. The number of hydrogen-bond donors (Lipinski definition) is 1. The van der Waals surface area contributed by atoms with Crippen LogP contribution in [0.25, 0.3) is 0 Å². The Labute approximate surface area is 102 Å². The van der Waals surface area contributed by atoms with Gasteiger partial charge in [-0.25, -0.2) is 4.79 Å². The van der Waals surface area contributed by atoms with Crippen LogP contribution in [0.15, 0.2) is 35.4 Å². The summed E-state index contributed by atoms with van der Waals surface area (Å²) in [5, 5.41) is 14.3. The van der Waals surface area contributed by atoms with Crippen LogP contribution < -0.4 is 5.01 Å². The van der Waals surface area contributed by atoms with E-state index in [4.69, 9.17) is 28.3 Å². The van der Waals surface area contributed by atoms with Gasteiger partial charge in [0.05, 0.1) is 12.2 Å². The second-order valence-corrected chi connectivity index (χ2v) is 4.84. The van der Waals surface area contributed by atoms with Crippen molar-refractivity contribution in [1.29, 1.82) is 0 Å². The summed E-state index contributed by atoms with van der Waals surface area (Å²) < 4.78 is -1.47. The lowest BCUT2D eigenvalue weighted by Crippen LogP contribution is -2.33. The Bertz CT molecular complexity index is 445. The lowest BCUT2D eigenvalue weighted by atomic mass is 10.2. The molecule has 1 aromatic carbocycles. The third-order valence-corrected chi connectivity index (χ3v) is 2.77. The van der Waals surface area contributed by atoms with E-state index in [-0.39, 0.29) is 12.3 Å². The molecule has 0 saturated carbocycles. The molecule has 1 aliphatic rings. The number of rotatable bonds is 2. The molecular weight excluding hydrogens is 251 g/mol. The minimum absolute atomic E-state index is 0.127. The second kappa shape index (κ2) is 3.96. The molecule has 2 rings (SSSR count). The van der Waals surface area contributed by atoms with Crippen molar-refractivity contribution in [3.63, 3.8) is 0 Å². The molecule has 84 valence electrons. The first-order valence-corrected chi connectivity index (χ1v) is 5.29. The molecule has 0 spiro atoms. The molecule has 1 N–H and O–H groups in total. The number of carbonyl (C=O) groups is 1. The van der Waals surface area contributed by atoms with Gasteiger partial charge in [0.25, 0.3) is 0 Å². The molecule has 0 atom stereocenters.